The van der Waals surface area contributed by atoms with Gasteiger partial charge in [-0.25, -0.2) is 4.68 Å². The summed E-state index contributed by atoms with van der Waals surface area (Å²) < 4.78 is 40.1. The van der Waals surface area contributed by atoms with Gasteiger partial charge in [0.2, 0.25) is 0 Å². The van der Waals surface area contributed by atoms with Crippen molar-refractivity contribution in [2.24, 2.45) is 0 Å². The maximum absolute atomic E-state index is 13.0. The lowest BCUT2D eigenvalue weighted by Gasteiger charge is -2.12. The minimum Gasteiger partial charge on any atom is -0.306 e. The molecule has 0 aliphatic rings. The Labute approximate surface area is 156 Å². The van der Waals surface area contributed by atoms with Crippen LogP contribution in [0.15, 0.2) is 54.6 Å². The molecule has 0 spiro atoms. The quantitative estimate of drug-likeness (QED) is 0.529. The van der Waals surface area contributed by atoms with Crippen molar-refractivity contribution in [2.45, 2.75) is 13.1 Å². The van der Waals surface area contributed by atoms with Crippen molar-refractivity contribution < 1.29 is 22.9 Å². The highest BCUT2D eigenvalue weighted by Gasteiger charge is 2.30. The summed E-state index contributed by atoms with van der Waals surface area (Å²) in [6.07, 6.45) is -4.52. The zero-order chi connectivity index (χ0) is 20.5. The second-order valence-electron chi connectivity index (χ2n) is 5.89. The molecular weight excluding hydrogens is 377 g/mol. The van der Waals surface area contributed by atoms with E-state index in [9.17, 15) is 28.1 Å². The first-order valence-electron chi connectivity index (χ1n) is 7.95. The van der Waals surface area contributed by atoms with Crippen LogP contribution in [0.4, 0.5) is 24.7 Å². The first-order chi connectivity index (χ1) is 13.1. The van der Waals surface area contributed by atoms with E-state index in [1.54, 1.807) is 6.92 Å². The number of amides is 1. The molecule has 144 valence electrons. The normalized spacial score (nSPS) is 11.3. The Kier molecular flexibility index (Phi) is 4.87. The molecule has 0 bridgehead atoms. The van der Waals surface area contributed by atoms with Crippen molar-refractivity contribution >= 4 is 17.4 Å². The van der Waals surface area contributed by atoms with Crippen molar-refractivity contribution in [3.63, 3.8) is 0 Å². The average Bonchev–Trinajstić information content (AvgIpc) is 3.01. The number of hydrogen-bond donors (Lipinski definition) is 1. The van der Waals surface area contributed by atoms with Gasteiger partial charge in [0.1, 0.15) is 5.82 Å². The molecule has 3 aromatic rings. The number of anilines is 1. The zero-order valence-electron chi connectivity index (χ0n) is 14.4. The van der Waals surface area contributed by atoms with E-state index in [1.165, 1.54) is 41.1 Å². The third-order valence-corrected chi connectivity index (χ3v) is 3.81. The fourth-order valence-corrected chi connectivity index (χ4v) is 2.55. The van der Waals surface area contributed by atoms with Crippen molar-refractivity contribution in [1.82, 2.24) is 9.78 Å². The summed E-state index contributed by atoms with van der Waals surface area (Å²) in [5.74, 6) is -0.523. The minimum absolute atomic E-state index is 0.0312. The van der Waals surface area contributed by atoms with Gasteiger partial charge in [0.15, 0.2) is 0 Å². The van der Waals surface area contributed by atoms with E-state index in [2.05, 4.69) is 10.4 Å². The molecule has 10 heteroatoms. The topological polar surface area (TPSA) is 90.1 Å². The Hall–Kier alpha value is -3.69. The number of non-ortho nitro benzene ring substituents is 1. The molecule has 0 atom stereocenters. The monoisotopic (exact) mass is 390 g/mol. The summed E-state index contributed by atoms with van der Waals surface area (Å²) in [7, 11) is 0. The van der Waals surface area contributed by atoms with Crippen molar-refractivity contribution in [3.8, 4) is 5.69 Å². The van der Waals surface area contributed by atoms with E-state index in [-0.39, 0.29) is 22.8 Å². The van der Waals surface area contributed by atoms with Crippen LogP contribution in [0, 0.1) is 17.0 Å². The average molecular weight is 390 g/mol. The van der Waals surface area contributed by atoms with Crippen LogP contribution in [0.25, 0.3) is 5.69 Å². The molecule has 2 aromatic carbocycles. The van der Waals surface area contributed by atoms with Crippen LogP contribution in [0.5, 0.6) is 0 Å². The molecule has 1 N–H and O–H groups in total. The van der Waals surface area contributed by atoms with Gasteiger partial charge in [0.25, 0.3) is 11.6 Å². The summed E-state index contributed by atoms with van der Waals surface area (Å²) in [5, 5.41) is 17.5. The van der Waals surface area contributed by atoms with Crippen LogP contribution in [0.2, 0.25) is 0 Å². The highest BCUT2D eigenvalue weighted by Crippen LogP contribution is 2.31. The van der Waals surface area contributed by atoms with Gasteiger partial charge in [-0.2, -0.15) is 18.3 Å². The third kappa shape index (κ3) is 4.00. The number of nitrogens with zero attached hydrogens (tertiary/aromatic N) is 3. The number of benzene rings is 2. The summed E-state index contributed by atoms with van der Waals surface area (Å²) in [6.45, 7) is 1.62. The highest BCUT2D eigenvalue weighted by atomic mass is 19.4. The molecule has 28 heavy (non-hydrogen) atoms. The van der Waals surface area contributed by atoms with Crippen LogP contribution in [0.1, 0.15) is 21.6 Å². The Balaban J connectivity index is 1.94. The van der Waals surface area contributed by atoms with Crippen molar-refractivity contribution in [3.05, 3.63) is 81.5 Å². The molecule has 0 aliphatic carbocycles. The number of aryl methyl sites for hydroxylation is 1. The smallest absolute Gasteiger partial charge is 0.306 e. The largest absolute Gasteiger partial charge is 0.416 e. The lowest BCUT2D eigenvalue weighted by atomic mass is 10.2. The van der Waals surface area contributed by atoms with Gasteiger partial charge in [-0.3, -0.25) is 14.9 Å². The SMILES string of the molecule is Cc1cc(NC(=O)c2cccc([N+](=O)[O-])c2)n(-c2cccc(C(F)(F)F)c2)n1. The second kappa shape index (κ2) is 7.14. The lowest BCUT2D eigenvalue weighted by molar-refractivity contribution is -0.384. The Morgan fingerprint density at radius 2 is 1.86 bits per heavy atom. The predicted octanol–water partition coefficient (Wildman–Crippen LogP) is 4.36. The Morgan fingerprint density at radius 3 is 2.54 bits per heavy atom. The molecule has 7 nitrogen and oxygen atoms in total. The summed E-state index contributed by atoms with van der Waals surface area (Å²) in [4.78, 5) is 22.7. The van der Waals surface area contributed by atoms with Crippen LogP contribution in [-0.4, -0.2) is 20.6 Å². The molecular formula is C18H13F3N4O3. The summed E-state index contributed by atoms with van der Waals surface area (Å²) in [5.41, 5.74) is -0.503. The number of halogens is 3. The van der Waals surface area contributed by atoms with E-state index in [4.69, 9.17) is 0 Å². The standard InChI is InChI=1S/C18H13F3N4O3/c1-11-8-16(22-17(26)12-4-2-7-15(9-12)25(27)28)24(23-11)14-6-3-5-13(10-14)18(19,20)21/h2-10H,1H3,(H,22,26). The van der Waals surface area contributed by atoms with Gasteiger partial charge in [0.05, 0.1) is 21.9 Å². The maximum atomic E-state index is 13.0. The summed E-state index contributed by atoms with van der Waals surface area (Å²) in [6, 6.07) is 11.1. The molecule has 0 fully saturated rings. The Bertz CT molecular complexity index is 1060. The first kappa shape index (κ1) is 19.1. The second-order valence-corrected chi connectivity index (χ2v) is 5.89. The molecule has 0 unspecified atom stereocenters. The number of rotatable bonds is 4. The minimum atomic E-state index is -4.52. The lowest BCUT2D eigenvalue weighted by Crippen LogP contribution is -2.15. The molecule has 1 amide bonds. The summed E-state index contributed by atoms with van der Waals surface area (Å²) >= 11 is 0. The fourth-order valence-electron chi connectivity index (χ4n) is 2.55. The third-order valence-electron chi connectivity index (χ3n) is 3.81. The molecule has 3 rings (SSSR count). The number of alkyl halides is 3. The highest BCUT2D eigenvalue weighted by molar-refractivity contribution is 6.04. The van der Waals surface area contributed by atoms with Crippen LogP contribution >= 0.6 is 0 Å². The fraction of sp³-hybridized carbons (Fsp3) is 0.111. The van der Waals surface area contributed by atoms with Crippen LogP contribution in [-0.2, 0) is 6.18 Å². The van der Waals surface area contributed by atoms with Crippen molar-refractivity contribution in [1.29, 1.82) is 0 Å². The van der Waals surface area contributed by atoms with E-state index < -0.39 is 22.6 Å². The van der Waals surface area contributed by atoms with E-state index >= 15 is 0 Å². The molecule has 1 aromatic heterocycles. The van der Waals surface area contributed by atoms with E-state index in [1.807, 2.05) is 0 Å². The number of nitro groups is 1. The van der Waals surface area contributed by atoms with Gasteiger partial charge in [-0.15, -0.1) is 0 Å². The molecule has 0 aliphatic heterocycles. The molecule has 0 saturated heterocycles. The number of aromatic nitrogens is 2. The zero-order valence-corrected chi connectivity index (χ0v) is 14.4. The molecule has 1 heterocycles. The first-order valence-corrected chi connectivity index (χ1v) is 7.95. The maximum Gasteiger partial charge on any atom is 0.416 e. The van der Waals surface area contributed by atoms with E-state index in [0.717, 1.165) is 18.2 Å². The van der Waals surface area contributed by atoms with Crippen LogP contribution in [0.3, 0.4) is 0 Å². The van der Waals surface area contributed by atoms with Crippen molar-refractivity contribution in [2.75, 3.05) is 5.32 Å². The molecule has 0 radical (unpaired) electrons. The predicted molar refractivity (Wildman–Crippen MR) is 94.4 cm³/mol. The van der Waals surface area contributed by atoms with E-state index in [0.29, 0.717) is 5.69 Å². The van der Waals surface area contributed by atoms with Gasteiger partial charge in [-0.1, -0.05) is 12.1 Å². The van der Waals surface area contributed by atoms with Gasteiger partial charge in [0, 0.05) is 23.8 Å². The number of carbonyl (C=O) groups is 1. The Morgan fingerprint density at radius 1 is 1.14 bits per heavy atom. The number of nitro benzene ring substituents is 1. The number of hydrogen-bond acceptors (Lipinski definition) is 4. The number of nitrogens with one attached hydrogen (secondary N) is 1. The van der Waals surface area contributed by atoms with Gasteiger partial charge < -0.3 is 5.32 Å². The van der Waals surface area contributed by atoms with Crippen LogP contribution < -0.4 is 5.32 Å². The van der Waals surface area contributed by atoms with Gasteiger partial charge >= 0.3 is 6.18 Å². The van der Waals surface area contributed by atoms with Gasteiger partial charge in [-0.05, 0) is 31.2 Å². The molecule has 0 saturated carbocycles. The number of carbonyl (C=O) groups excluding carboxylic acids is 1.